The number of aromatic amines is 1. The summed E-state index contributed by atoms with van der Waals surface area (Å²) >= 11 is 0. The molecule has 0 bridgehead atoms. The lowest BCUT2D eigenvalue weighted by molar-refractivity contribution is -0.137. The molecule has 0 aliphatic rings. The molecule has 1 heterocycles. The average molecular weight is 277 g/mol. The predicted molar refractivity (Wildman–Crippen MR) is 68.0 cm³/mol. The number of hydrogen-bond acceptors (Lipinski definition) is 5. The summed E-state index contributed by atoms with van der Waals surface area (Å²) in [5.74, 6) is -1.31. The first-order valence-electron chi connectivity index (χ1n) is 5.30. The van der Waals surface area contributed by atoms with Gasteiger partial charge in [-0.25, -0.2) is 0 Å². The number of nitrogens with zero attached hydrogens (tertiary/aromatic N) is 1. The monoisotopic (exact) mass is 277 g/mol. The van der Waals surface area contributed by atoms with Gasteiger partial charge in [0, 0.05) is 6.42 Å². The van der Waals surface area contributed by atoms with Crippen LogP contribution >= 0.6 is 0 Å². The number of H-pyrrole nitrogens is 1. The maximum atomic E-state index is 11.4. The lowest BCUT2D eigenvalue weighted by atomic mass is 10.1. The van der Waals surface area contributed by atoms with Crippen molar-refractivity contribution in [1.29, 1.82) is 0 Å². The second kappa shape index (κ2) is 8.89. The summed E-state index contributed by atoms with van der Waals surface area (Å²) in [6.07, 6.45) is 2.32. The van der Waals surface area contributed by atoms with Crippen molar-refractivity contribution in [3.05, 3.63) is 15.9 Å². The van der Waals surface area contributed by atoms with Crippen LogP contribution in [0.25, 0.3) is 0 Å². The van der Waals surface area contributed by atoms with Gasteiger partial charge in [-0.05, 0) is 19.3 Å². The SMILES string of the molecule is Nc1nc(O)c(CCCCCC(=O)O)c(=O)[nH]1.O.O. The lowest BCUT2D eigenvalue weighted by Crippen LogP contribution is -2.16. The fourth-order valence-electron chi connectivity index (χ4n) is 1.48. The number of nitrogens with one attached hydrogen (secondary N) is 1. The summed E-state index contributed by atoms with van der Waals surface area (Å²) in [4.78, 5) is 27.5. The van der Waals surface area contributed by atoms with Crippen molar-refractivity contribution in [2.75, 3.05) is 5.73 Å². The highest BCUT2D eigenvalue weighted by Gasteiger charge is 2.09. The Morgan fingerprint density at radius 3 is 2.42 bits per heavy atom. The largest absolute Gasteiger partial charge is 0.493 e. The summed E-state index contributed by atoms with van der Waals surface area (Å²) in [5, 5.41) is 17.8. The van der Waals surface area contributed by atoms with Gasteiger partial charge in [0.2, 0.25) is 11.8 Å². The van der Waals surface area contributed by atoms with Crippen LogP contribution in [0.5, 0.6) is 5.88 Å². The normalized spacial score (nSPS) is 9.26. The van der Waals surface area contributed by atoms with E-state index >= 15 is 0 Å². The van der Waals surface area contributed by atoms with Crippen molar-refractivity contribution in [1.82, 2.24) is 9.97 Å². The van der Waals surface area contributed by atoms with Gasteiger partial charge >= 0.3 is 5.97 Å². The molecule has 9 nitrogen and oxygen atoms in total. The topological polar surface area (TPSA) is 192 Å². The Balaban J connectivity index is 0. The Morgan fingerprint density at radius 1 is 1.26 bits per heavy atom. The third-order valence-electron chi connectivity index (χ3n) is 2.33. The standard InChI is InChI=1S/C10H15N3O4.2H2O/c11-10-12-8(16)6(9(17)13-10)4-2-1-3-5-7(14)15;;/h1-5H2,(H,14,15)(H4,11,12,13,16,17);2*1H2. The first-order valence-corrected chi connectivity index (χ1v) is 5.30. The molecular weight excluding hydrogens is 258 g/mol. The van der Waals surface area contributed by atoms with Gasteiger partial charge in [0.05, 0.1) is 5.56 Å². The zero-order chi connectivity index (χ0) is 12.8. The van der Waals surface area contributed by atoms with Crippen LogP contribution in [-0.4, -0.2) is 37.1 Å². The van der Waals surface area contributed by atoms with Crippen molar-refractivity contribution in [3.8, 4) is 5.88 Å². The Morgan fingerprint density at radius 2 is 1.89 bits per heavy atom. The number of carboxylic acids is 1. The van der Waals surface area contributed by atoms with Crippen molar-refractivity contribution in [2.24, 2.45) is 0 Å². The fourth-order valence-corrected chi connectivity index (χ4v) is 1.48. The number of aliphatic carboxylic acids is 1. The van der Waals surface area contributed by atoms with E-state index in [-0.39, 0.29) is 34.8 Å². The third kappa shape index (κ3) is 6.38. The predicted octanol–water partition coefficient (Wildman–Crippen LogP) is -1.40. The molecule has 0 amide bonds. The summed E-state index contributed by atoms with van der Waals surface area (Å²) < 4.78 is 0. The van der Waals surface area contributed by atoms with E-state index in [9.17, 15) is 14.7 Å². The van der Waals surface area contributed by atoms with Gasteiger partial charge in [-0.15, -0.1) is 0 Å². The van der Waals surface area contributed by atoms with Crippen molar-refractivity contribution < 1.29 is 26.0 Å². The molecule has 0 aromatic carbocycles. The van der Waals surface area contributed by atoms with E-state index in [0.29, 0.717) is 25.7 Å². The second-order valence-electron chi connectivity index (χ2n) is 3.71. The maximum Gasteiger partial charge on any atom is 0.303 e. The summed E-state index contributed by atoms with van der Waals surface area (Å²) in [6, 6.07) is 0. The molecule has 0 aliphatic heterocycles. The van der Waals surface area contributed by atoms with E-state index in [4.69, 9.17) is 10.8 Å². The molecule has 0 unspecified atom stereocenters. The highest BCUT2D eigenvalue weighted by Crippen LogP contribution is 2.13. The number of unbranched alkanes of at least 4 members (excludes halogenated alkanes) is 2. The molecule has 0 fully saturated rings. The number of anilines is 1. The number of aromatic nitrogens is 2. The molecule has 0 atom stereocenters. The molecule has 0 aliphatic carbocycles. The van der Waals surface area contributed by atoms with Gasteiger partial charge in [-0.2, -0.15) is 4.98 Å². The maximum absolute atomic E-state index is 11.4. The van der Waals surface area contributed by atoms with E-state index in [2.05, 4.69) is 9.97 Å². The van der Waals surface area contributed by atoms with Crippen LogP contribution in [0.2, 0.25) is 0 Å². The molecule has 0 saturated heterocycles. The van der Waals surface area contributed by atoms with Crippen LogP contribution in [0.15, 0.2) is 4.79 Å². The minimum Gasteiger partial charge on any atom is -0.493 e. The number of carbonyl (C=O) groups is 1. The first kappa shape index (κ1) is 19.2. The van der Waals surface area contributed by atoms with Crippen LogP contribution in [0.1, 0.15) is 31.2 Å². The second-order valence-corrected chi connectivity index (χ2v) is 3.71. The van der Waals surface area contributed by atoms with Crippen molar-refractivity contribution in [3.63, 3.8) is 0 Å². The van der Waals surface area contributed by atoms with Gasteiger partial charge in [0.25, 0.3) is 5.56 Å². The molecule has 9 N–H and O–H groups in total. The van der Waals surface area contributed by atoms with Gasteiger partial charge in [0.1, 0.15) is 0 Å². The van der Waals surface area contributed by atoms with Crippen LogP contribution < -0.4 is 11.3 Å². The van der Waals surface area contributed by atoms with E-state index in [0.717, 1.165) is 0 Å². The number of rotatable bonds is 6. The van der Waals surface area contributed by atoms with E-state index in [1.807, 2.05) is 0 Å². The summed E-state index contributed by atoms with van der Waals surface area (Å²) in [5.41, 5.74) is 4.98. The van der Waals surface area contributed by atoms with Gasteiger partial charge in [-0.1, -0.05) is 6.42 Å². The third-order valence-corrected chi connectivity index (χ3v) is 2.33. The van der Waals surface area contributed by atoms with E-state index in [1.54, 1.807) is 0 Å². The number of nitrogen functional groups attached to an aromatic ring is 1. The number of aromatic hydroxyl groups is 1. The summed E-state index contributed by atoms with van der Waals surface area (Å²) in [7, 11) is 0. The Hall–Kier alpha value is -2.13. The molecule has 110 valence electrons. The van der Waals surface area contributed by atoms with Gasteiger partial charge < -0.3 is 26.9 Å². The van der Waals surface area contributed by atoms with Crippen LogP contribution in [0.3, 0.4) is 0 Å². The van der Waals surface area contributed by atoms with Gasteiger partial charge in [0.15, 0.2) is 0 Å². The highest BCUT2D eigenvalue weighted by atomic mass is 16.4. The molecule has 0 saturated carbocycles. The van der Waals surface area contributed by atoms with E-state index < -0.39 is 11.5 Å². The molecule has 19 heavy (non-hydrogen) atoms. The minimum absolute atomic E-state index is 0. The van der Waals surface area contributed by atoms with E-state index in [1.165, 1.54) is 0 Å². The lowest BCUT2D eigenvalue weighted by Gasteiger charge is -2.03. The zero-order valence-electron chi connectivity index (χ0n) is 10.3. The summed E-state index contributed by atoms with van der Waals surface area (Å²) in [6.45, 7) is 0. The average Bonchev–Trinajstić information content (AvgIpc) is 2.20. The Bertz CT molecular complexity index is 459. The van der Waals surface area contributed by atoms with Crippen LogP contribution in [0.4, 0.5) is 5.95 Å². The molecule has 0 spiro atoms. The molecular formula is C10H19N3O6. The molecule has 1 rings (SSSR count). The van der Waals surface area contributed by atoms with Gasteiger partial charge in [-0.3, -0.25) is 14.6 Å². The molecule has 1 aromatic rings. The highest BCUT2D eigenvalue weighted by molar-refractivity contribution is 5.66. The van der Waals surface area contributed by atoms with Crippen molar-refractivity contribution in [2.45, 2.75) is 32.1 Å². The first-order chi connectivity index (χ1) is 8.00. The number of hydrogen-bond donors (Lipinski definition) is 4. The Labute approximate surface area is 108 Å². The van der Waals surface area contributed by atoms with Crippen LogP contribution in [0, 0.1) is 0 Å². The number of carboxylic acid groups (broad SMARTS) is 1. The quantitative estimate of drug-likeness (QED) is 0.461. The molecule has 0 radical (unpaired) electrons. The Kier molecular flexibility index (Phi) is 8.99. The fraction of sp³-hybridized carbons (Fsp3) is 0.500. The smallest absolute Gasteiger partial charge is 0.303 e. The van der Waals surface area contributed by atoms with Crippen molar-refractivity contribution >= 4 is 11.9 Å². The molecule has 1 aromatic heterocycles. The minimum atomic E-state index is -0.833. The zero-order valence-corrected chi connectivity index (χ0v) is 10.3. The number of nitrogens with two attached hydrogens (primary N) is 1. The molecule has 9 heteroatoms. The van der Waals surface area contributed by atoms with Crippen LogP contribution in [-0.2, 0) is 11.2 Å².